The molecule has 0 aromatic heterocycles. The van der Waals surface area contributed by atoms with E-state index in [1.54, 1.807) is 19.1 Å². The van der Waals surface area contributed by atoms with E-state index >= 15 is 0 Å². The summed E-state index contributed by atoms with van der Waals surface area (Å²) in [5.41, 5.74) is -0.159. The van der Waals surface area contributed by atoms with Crippen molar-refractivity contribution >= 4 is 11.9 Å². The molecular formula is C14H15FN2O2. The van der Waals surface area contributed by atoms with Crippen molar-refractivity contribution in [3.8, 4) is 0 Å². The Hall–Kier alpha value is -1.91. The van der Waals surface area contributed by atoms with Gasteiger partial charge in [-0.2, -0.15) is 0 Å². The maximum absolute atomic E-state index is 13.1. The lowest BCUT2D eigenvalue weighted by Gasteiger charge is -2.21. The molecule has 3 rings (SSSR count). The van der Waals surface area contributed by atoms with Crippen molar-refractivity contribution in [2.24, 2.45) is 5.92 Å². The fourth-order valence-electron chi connectivity index (χ4n) is 2.61. The van der Waals surface area contributed by atoms with Crippen LogP contribution in [0.4, 0.5) is 9.18 Å². The second-order valence-corrected chi connectivity index (χ2v) is 5.43. The summed E-state index contributed by atoms with van der Waals surface area (Å²) in [6.07, 6.45) is 1.94. The molecule has 100 valence electrons. The smallest absolute Gasteiger partial charge is 0.323 e. The molecule has 1 aromatic carbocycles. The molecule has 5 heteroatoms. The van der Waals surface area contributed by atoms with E-state index in [-0.39, 0.29) is 30.2 Å². The Balaban J connectivity index is 1.81. The van der Waals surface area contributed by atoms with Gasteiger partial charge in [-0.05, 0) is 43.4 Å². The Morgan fingerprint density at radius 3 is 2.79 bits per heavy atom. The van der Waals surface area contributed by atoms with Crippen LogP contribution in [0.5, 0.6) is 0 Å². The maximum Gasteiger partial charge on any atom is 0.325 e. The van der Waals surface area contributed by atoms with Gasteiger partial charge >= 0.3 is 6.03 Å². The van der Waals surface area contributed by atoms with Crippen LogP contribution in [0.2, 0.25) is 0 Å². The molecule has 0 unspecified atom stereocenters. The van der Waals surface area contributed by atoms with Crippen LogP contribution in [0, 0.1) is 11.7 Å². The van der Waals surface area contributed by atoms with E-state index in [1.807, 2.05) is 0 Å². The molecule has 1 saturated carbocycles. The standard InChI is InChI=1S/C14H15FN2O2/c1-14(10-5-6-10)12(18)17(13(19)16-14)8-9-3-2-4-11(15)7-9/h2-4,7,10H,5-6,8H2,1H3,(H,16,19)/t14-/m0/s1. The van der Waals surface area contributed by atoms with Gasteiger partial charge in [-0.1, -0.05) is 12.1 Å². The van der Waals surface area contributed by atoms with E-state index in [9.17, 15) is 14.0 Å². The molecule has 4 nitrogen and oxygen atoms in total. The Labute approximate surface area is 110 Å². The Kier molecular flexibility index (Phi) is 2.59. The van der Waals surface area contributed by atoms with Crippen molar-refractivity contribution in [1.82, 2.24) is 10.2 Å². The van der Waals surface area contributed by atoms with Crippen molar-refractivity contribution in [2.45, 2.75) is 31.8 Å². The van der Waals surface area contributed by atoms with Crippen LogP contribution >= 0.6 is 0 Å². The Bertz CT molecular complexity index is 556. The van der Waals surface area contributed by atoms with Gasteiger partial charge in [0.2, 0.25) is 0 Å². The van der Waals surface area contributed by atoms with Gasteiger partial charge in [0.05, 0.1) is 6.54 Å². The number of hydrogen-bond acceptors (Lipinski definition) is 2. The van der Waals surface area contributed by atoms with Crippen molar-refractivity contribution in [1.29, 1.82) is 0 Å². The Morgan fingerprint density at radius 1 is 1.42 bits per heavy atom. The lowest BCUT2D eigenvalue weighted by molar-refractivity contribution is -0.131. The number of rotatable bonds is 3. The summed E-state index contributed by atoms with van der Waals surface area (Å²) < 4.78 is 13.1. The van der Waals surface area contributed by atoms with Gasteiger partial charge in [0.15, 0.2) is 0 Å². The van der Waals surface area contributed by atoms with Gasteiger partial charge in [-0.3, -0.25) is 9.69 Å². The van der Waals surface area contributed by atoms with Gasteiger partial charge < -0.3 is 5.32 Å². The summed E-state index contributed by atoms with van der Waals surface area (Å²) in [5, 5.41) is 2.77. The molecular weight excluding hydrogens is 247 g/mol. The highest BCUT2D eigenvalue weighted by Crippen LogP contribution is 2.42. The van der Waals surface area contributed by atoms with Crippen LogP contribution in [-0.4, -0.2) is 22.4 Å². The summed E-state index contributed by atoms with van der Waals surface area (Å²) in [7, 11) is 0. The highest BCUT2D eigenvalue weighted by atomic mass is 19.1. The second kappa shape index (κ2) is 4.05. The molecule has 1 atom stereocenters. The van der Waals surface area contributed by atoms with E-state index in [0.29, 0.717) is 5.56 Å². The zero-order chi connectivity index (χ0) is 13.6. The van der Waals surface area contributed by atoms with Crippen molar-refractivity contribution < 1.29 is 14.0 Å². The molecule has 0 bridgehead atoms. The third-order valence-electron chi connectivity index (χ3n) is 3.92. The summed E-state index contributed by atoms with van der Waals surface area (Å²) in [4.78, 5) is 25.5. The average Bonchev–Trinajstić information content (AvgIpc) is 3.16. The molecule has 3 amide bonds. The zero-order valence-electron chi connectivity index (χ0n) is 10.6. The van der Waals surface area contributed by atoms with Gasteiger partial charge in [-0.15, -0.1) is 0 Å². The van der Waals surface area contributed by atoms with Gasteiger partial charge in [-0.25, -0.2) is 9.18 Å². The van der Waals surface area contributed by atoms with E-state index in [1.165, 1.54) is 17.0 Å². The molecule has 1 N–H and O–H groups in total. The topological polar surface area (TPSA) is 49.4 Å². The molecule has 0 radical (unpaired) electrons. The Morgan fingerprint density at radius 2 is 2.16 bits per heavy atom. The maximum atomic E-state index is 13.1. The number of nitrogens with one attached hydrogen (secondary N) is 1. The first kappa shape index (κ1) is 12.1. The van der Waals surface area contributed by atoms with E-state index in [0.717, 1.165) is 12.8 Å². The SMILES string of the molecule is C[C@@]1(C2CC2)NC(=O)N(Cc2cccc(F)c2)C1=O. The summed E-state index contributed by atoms with van der Waals surface area (Å²) in [6, 6.07) is 5.57. The first-order chi connectivity index (χ1) is 9.00. The van der Waals surface area contributed by atoms with Crippen LogP contribution in [0.25, 0.3) is 0 Å². The number of imide groups is 1. The number of carbonyl (C=O) groups is 2. The molecule has 1 heterocycles. The zero-order valence-corrected chi connectivity index (χ0v) is 10.6. The number of benzene rings is 1. The third-order valence-corrected chi connectivity index (χ3v) is 3.92. The summed E-state index contributed by atoms with van der Waals surface area (Å²) >= 11 is 0. The average molecular weight is 262 g/mol. The van der Waals surface area contributed by atoms with Gasteiger partial charge in [0.25, 0.3) is 5.91 Å². The molecule has 2 fully saturated rings. The second-order valence-electron chi connectivity index (χ2n) is 5.43. The van der Waals surface area contributed by atoms with E-state index in [2.05, 4.69) is 5.32 Å². The van der Waals surface area contributed by atoms with Crippen molar-refractivity contribution in [3.05, 3.63) is 35.6 Å². The number of hydrogen-bond donors (Lipinski definition) is 1. The largest absolute Gasteiger partial charge is 0.325 e. The lowest BCUT2D eigenvalue weighted by Crippen LogP contribution is -2.46. The number of amides is 3. The van der Waals surface area contributed by atoms with Crippen LogP contribution in [0.3, 0.4) is 0 Å². The fraction of sp³-hybridized carbons (Fsp3) is 0.429. The minimum Gasteiger partial charge on any atom is -0.323 e. The third kappa shape index (κ3) is 1.99. The quantitative estimate of drug-likeness (QED) is 0.847. The first-order valence-electron chi connectivity index (χ1n) is 6.39. The van der Waals surface area contributed by atoms with Crippen LogP contribution in [0.15, 0.2) is 24.3 Å². The van der Waals surface area contributed by atoms with E-state index < -0.39 is 5.54 Å². The minimum atomic E-state index is -0.773. The normalized spacial score (nSPS) is 26.7. The van der Waals surface area contributed by atoms with Crippen LogP contribution in [-0.2, 0) is 11.3 Å². The molecule has 0 spiro atoms. The fourth-order valence-corrected chi connectivity index (χ4v) is 2.61. The number of nitrogens with zero attached hydrogens (tertiary/aromatic N) is 1. The predicted molar refractivity (Wildman–Crippen MR) is 66.6 cm³/mol. The van der Waals surface area contributed by atoms with E-state index in [4.69, 9.17) is 0 Å². The summed E-state index contributed by atoms with van der Waals surface area (Å²) in [5.74, 6) is -0.333. The highest BCUT2D eigenvalue weighted by molar-refractivity contribution is 6.07. The number of carbonyl (C=O) groups excluding carboxylic acids is 2. The first-order valence-corrected chi connectivity index (χ1v) is 6.39. The predicted octanol–water partition coefficient (Wildman–Crippen LogP) is 2.05. The molecule has 19 heavy (non-hydrogen) atoms. The molecule has 1 saturated heterocycles. The molecule has 2 aliphatic rings. The summed E-state index contributed by atoms with van der Waals surface area (Å²) in [6.45, 7) is 1.89. The van der Waals surface area contributed by atoms with Gasteiger partial charge in [0, 0.05) is 0 Å². The van der Waals surface area contributed by atoms with Gasteiger partial charge in [0.1, 0.15) is 11.4 Å². The van der Waals surface area contributed by atoms with Crippen LogP contribution in [0.1, 0.15) is 25.3 Å². The lowest BCUT2D eigenvalue weighted by atomic mass is 9.96. The highest BCUT2D eigenvalue weighted by Gasteiger charge is 2.55. The minimum absolute atomic E-state index is 0.116. The van der Waals surface area contributed by atoms with Crippen molar-refractivity contribution in [3.63, 3.8) is 0 Å². The van der Waals surface area contributed by atoms with Crippen LogP contribution < -0.4 is 5.32 Å². The number of urea groups is 1. The number of halogens is 1. The molecule has 1 aliphatic heterocycles. The molecule has 1 aliphatic carbocycles. The monoisotopic (exact) mass is 262 g/mol. The van der Waals surface area contributed by atoms with Crippen molar-refractivity contribution in [2.75, 3.05) is 0 Å². The molecule has 1 aromatic rings.